The molecule has 0 aliphatic rings. The first kappa shape index (κ1) is 25.7. The molecule has 1 aromatic heterocycles. The Morgan fingerprint density at radius 3 is 2.29 bits per heavy atom. The van der Waals surface area contributed by atoms with Gasteiger partial charge in [0.25, 0.3) is 0 Å². The maximum atomic E-state index is 14.3. The van der Waals surface area contributed by atoms with E-state index in [1.54, 1.807) is 48.5 Å². The Balaban J connectivity index is 0.00000324. The second kappa shape index (κ2) is 11.0. The molecule has 9 heteroatoms. The van der Waals surface area contributed by atoms with Crippen LogP contribution in [0.15, 0.2) is 66.2 Å². The van der Waals surface area contributed by atoms with Crippen LogP contribution in [0.25, 0.3) is 16.6 Å². The first-order valence-electron chi connectivity index (χ1n) is 9.98. The minimum Gasteiger partial charge on any atom is -0.545 e. The number of methoxy groups -OCH3 is 1. The number of carbonyl (C=O) groups is 2. The third kappa shape index (κ3) is 5.42. The van der Waals surface area contributed by atoms with E-state index >= 15 is 0 Å². The van der Waals surface area contributed by atoms with Crippen LogP contribution in [0.3, 0.4) is 0 Å². The SMILES string of the molecule is COc1ccc(C/C(C(=O)c2ccc(C)cc2)=C(\C(=O)[O-])c2ccc3nsnc3c2)cc1F.[Na+]. The van der Waals surface area contributed by atoms with Gasteiger partial charge in [0.1, 0.15) is 11.0 Å². The van der Waals surface area contributed by atoms with Crippen molar-refractivity contribution in [3.05, 3.63) is 94.3 Å². The van der Waals surface area contributed by atoms with Gasteiger partial charge in [0.15, 0.2) is 17.3 Å². The number of aromatic nitrogens is 2. The quantitative estimate of drug-likeness (QED) is 0.219. The maximum Gasteiger partial charge on any atom is 1.00 e. The second-order valence-corrected chi connectivity index (χ2v) is 7.98. The van der Waals surface area contributed by atoms with Gasteiger partial charge in [0.05, 0.1) is 24.8 Å². The van der Waals surface area contributed by atoms with Crippen molar-refractivity contribution < 1.29 is 53.4 Å². The molecule has 0 fully saturated rings. The summed E-state index contributed by atoms with van der Waals surface area (Å²) in [6.07, 6.45) is -0.121. The average molecular weight is 484 g/mol. The van der Waals surface area contributed by atoms with Gasteiger partial charge < -0.3 is 14.6 Å². The Bertz CT molecular complexity index is 1400. The molecular formula is C25H18FN2NaO4S. The summed E-state index contributed by atoms with van der Waals surface area (Å²) >= 11 is 1.00. The predicted octanol–water partition coefficient (Wildman–Crippen LogP) is 0.781. The predicted molar refractivity (Wildman–Crippen MR) is 122 cm³/mol. The number of fused-ring (bicyclic) bond motifs is 1. The molecule has 0 unspecified atom stereocenters. The van der Waals surface area contributed by atoms with Crippen molar-refractivity contribution in [2.24, 2.45) is 0 Å². The van der Waals surface area contributed by atoms with Crippen molar-refractivity contribution in [1.29, 1.82) is 0 Å². The second-order valence-electron chi connectivity index (χ2n) is 7.45. The number of aliphatic carboxylic acids is 1. The van der Waals surface area contributed by atoms with Crippen LogP contribution in [-0.2, 0) is 11.2 Å². The van der Waals surface area contributed by atoms with E-state index in [-0.39, 0.29) is 58.4 Å². The van der Waals surface area contributed by atoms with E-state index in [2.05, 4.69) is 8.75 Å². The summed E-state index contributed by atoms with van der Waals surface area (Å²) in [5, 5.41) is 12.3. The Morgan fingerprint density at radius 1 is 0.971 bits per heavy atom. The Morgan fingerprint density at radius 2 is 1.65 bits per heavy atom. The fraction of sp³-hybridized carbons (Fsp3) is 0.120. The molecule has 0 saturated carbocycles. The number of ether oxygens (including phenoxy) is 1. The molecule has 6 nitrogen and oxygen atoms in total. The molecule has 0 aliphatic carbocycles. The molecule has 0 bridgehead atoms. The molecular weight excluding hydrogens is 466 g/mol. The molecule has 0 radical (unpaired) electrons. The van der Waals surface area contributed by atoms with Crippen LogP contribution in [0, 0.1) is 12.7 Å². The number of carbonyl (C=O) groups excluding carboxylic acids is 2. The zero-order valence-electron chi connectivity index (χ0n) is 18.8. The molecule has 4 rings (SSSR count). The van der Waals surface area contributed by atoms with E-state index in [1.807, 2.05) is 6.92 Å². The van der Waals surface area contributed by atoms with Crippen molar-refractivity contribution in [3.8, 4) is 5.75 Å². The van der Waals surface area contributed by atoms with Crippen LogP contribution in [-0.4, -0.2) is 27.6 Å². The molecule has 34 heavy (non-hydrogen) atoms. The zero-order valence-corrected chi connectivity index (χ0v) is 21.6. The minimum absolute atomic E-state index is 0. The van der Waals surface area contributed by atoms with Gasteiger partial charge in [-0.05, 0) is 42.3 Å². The van der Waals surface area contributed by atoms with Gasteiger partial charge in [-0.15, -0.1) is 0 Å². The third-order valence-corrected chi connectivity index (χ3v) is 5.79. The van der Waals surface area contributed by atoms with Crippen LogP contribution < -0.4 is 39.4 Å². The van der Waals surface area contributed by atoms with Crippen LogP contribution in [0.2, 0.25) is 0 Å². The topological polar surface area (TPSA) is 92.2 Å². The standard InChI is InChI=1S/C25H19FN2O4S.Na/c1-14-3-6-16(7-4-14)24(29)18(11-15-5-10-22(32-2)19(26)12-15)23(25(30)31)17-8-9-20-21(13-17)28-33-27-20;/h3-10,12-13H,11H2,1-2H3,(H,30,31);/q;+1/p-1/b23-18+;. The van der Waals surface area contributed by atoms with Crippen LogP contribution in [0.4, 0.5) is 4.39 Å². The van der Waals surface area contributed by atoms with Crippen LogP contribution >= 0.6 is 11.7 Å². The summed E-state index contributed by atoms with van der Waals surface area (Å²) in [7, 11) is 1.35. The van der Waals surface area contributed by atoms with Crippen molar-refractivity contribution >= 4 is 40.1 Å². The summed E-state index contributed by atoms with van der Waals surface area (Å²) in [6.45, 7) is 1.88. The third-order valence-electron chi connectivity index (χ3n) is 5.23. The van der Waals surface area contributed by atoms with E-state index in [4.69, 9.17) is 4.74 Å². The molecule has 0 aliphatic heterocycles. The zero-order chi connectivity index (χ0) is 23.5. The Kier molecular flexibility index (Phi) is 8.33. The summed E-state index contributed by atoms with van der Waals surface area (Å²) < 4.78 is 27.6. The molecule has 0 saturated heterocycles. The fourth-order valence-corrected chi connectivity index (χ4v) is 4.06. The normalized spacial score (nSPS) is 11.5. The number of rotatable bonds is 7. The molecule has 0 atom stereocenters. The summed E-state index contributed by atoms with van der Waals surface area (Å²) in [5.74, 6) is -2.55. The Labute approximate surface area is 221 Å². The smallest absolute Gasteiger partial charge is 0.545 e. The fourth-order valence-electron chi connectivity index (χ4n) is 3.54. The summed E-state index contributed by atoms with van der Waals surface area (Å²) in [6, 6.07) is 15.8. The van der Waals surface area contributed by atoms with Crippen LogP contribution in [0.1, 0.15) is 27.0 Å². The van der Waals surface area contributed by atoms with Gasteiger partial charge in [-0.3, -0.25) is 4.79 Å². The van der Waals surface area contributed by atoms with Crippen molar-refractivity contribution in [3.63, 3.8) is 0 Å². The largest absolute Gasteiger partial charge is 1.00 e. The molecule has 3 aromatic carbocycles. The van der Waals surface area contributed by atoms with Crippen molar-refractivity contribution in [2.45, 2.75) is 13.3 Å². The minimum atomic E-state index is -1.51. The number of carboxylic acids is 1. The molecule has 1 heterocycles. The number of hydrogen-bond donors (Lipinski definition) is 0. The van der Waals surface area contributed by atoms with Gasteiger partial charge in [-0.1, -0.05) is 42.0 Å². The number of nitrogens with zero attached hydrogens (tertiary/aromatic N) is 2. The van der Waals surface area contributed by atoms with Gasteiger partial charge >= 0.3 is 29.6 Å². The van der Waals surface area contributed by atoms with Gasteiger partial charge in [0.2, 0.25) is 0 Å². The molecule has 0 spiro atoms. The molecule has 166 valence electrons. The van der Waals surface area contributed by atoms with Gasteiger partial charge in [-0.25, -0.2) is 4.39 Å². The molecule has 0 N–H and O–H groups in total. The monoisotopic (exact) mass is 484 g/mol. The van der Waals surface area contributed by atoms with E-state index in [0.29, 0.717) is 22.2 Å². The average Bonchev–Trinajstić information content (AvgIpc) is 3.27. The van der Waals surface area contributed by atoms with Crippen molar-refractivity contribution in [1.82, 2.24) is 8.75 Å². The first-order valence-corrected chi connectivity index (χ1v) is 10.7. The van der Waals surface area contributed by atoms with E-state index in [0.717, 1.165) is 17.3 Å². The number of ketones is 1. The van der Waals surface area contributed by atoms with Gasteiger partial charge in [0, 0.05) is 23.1 Å². The maximum absolute atomic E-state index is 14.3. The number of Topliss-reactive ketones (excluding diaryl/α,β-unsaturated/α-hetero) is 1. The number of carboxylic acid groups (broad SMARTS) is 1. The van der Waals surface area contributed by atoms with Gasteiger partial charge in [-0.2, -0.15) is 8.75 Å². The number of hydrogen-bond acceptors (Lipinski definition) is 7. The number of allylic oxidation sites excluding steroid dienone is 1. The molecule has 4 aromatic rings. The molecule has 0 amide bonds. The summed E-state index contributed by atoms with van der Waals surface area (Å²) in [4.78, 5) is 25.8. The Hall–Kier alpha value is -2.91. The van der Waals surface area contributed by atoms with E-state index in [1.165, 1.54) is 19.2 Å². The van der Waals surface area contributed by atoms with Crippen LogP contribution in [0.5, 0.6) is 5.75 Å². The van der Waals surface area contributed by atoms with E-state index < -0.39 is 17.6 Å². The van der Waals surface area contributed by atoms with Crippen molar-refractivity contribution in [2.75, 3.05) is 7.11 Å². The first-order chi connectivity index (χ1) is 15.9. The van der Waals surface area contributed by atoms with E-state index in [9.17, 15) is 19.1 Å². The number of aryl methyl sites for hydroxylation is 1. The number of benzene rings is 3. The summed E-state index contributed by atoms with van der Waals surface area (Å²) in [5.41, 5.74) is 2.78. The number of halogens is 1.